The van der Waals surface area contributed by atoms with Crippen LogP contribution in [0.2, 0.25) is 0 Å². The molecule has 0 radical (unpaired) electrons. The molecule has 1 aliphatic rings. The minimum Gasteiger partial charge on any atom is -0.356 e. The number of rotatable bonds is 4. The molecule has 1 saturated heterocycles. The van der Waals surface area contributed by atoms with Gasteiger partial charge in [0.2, 0.25) is 0 Å². The van der Waals surface area contributed by atoms with Crippen LogP contribution < -0.4 is 5.32 Å². The van der Waals surface area contributed by atoms with Crippen LogP contribution >= 0.6 is 0 Å². The maximum absolute atomic E-state index is 12.6. The van der Waals surface area contributed by atoms with Crippen LogP contribution in [0.5, 0.6) is 0 Å². The van der Waals surface area contributed by atoms with Crippen molar-refractivity contribution in [3.8, 4) is 0 Å². The van der Waals surface area contributed by atoms with Crippen molar-refractivity contribution in [3.05, 3.63) is 53.3 Å². The summed E-state index contributed by atoms with van der Waals surface area (Å²) in [6.45, 7) is 3.01. The number of hydrogen-bond donors (Lipinski definition) is 2. The van der Waals surface area contributed by atoms with Gasteiger partial charge >= 0.3 is 0 Å². The van der Waals surface area contributed by atoms with E-state index in [9.17, 15) is 14.4 Å². The highest BCUT2D eigenvalue weighted by Crippen LogP contribution is 2.17. The molecule has 0 spiro atoms. The molecule has 0 saturated carbocycles. The number of likely N-dealkylation sites (tertiary alicyclic amines) is 1. The zero-order valence-corrected chi connectivity index (χ0v) is 14.2. The van der Waals surface area contributed by atoms with Crippen molar-refractivity contribution in [2.24, 2.45) is 0 Å². The van der Waals surface area contributed by atoms with Gasteiger partial charge in [-0.2, -0.15) is 0 Å². The van der Waals surface area contributed by atoms with E-state index in [1.165, 1.54) is 19.2 Å². The van der Waals surface area contributed by atoms with Crippen LogP contribution in [0.25, 0.3) is 0 Å². The van der Waals surface area contributed by atoms with Gasteiger partial charge in [0.25, 0.3) is 11.8 Å². The van der Waals surface area contributed by atoms with Gasteiger partial charge in [0.1, 0.15) is 5.69 Å². The Bertz CT molecular complexity index is 804. The first-order chi connectivity index (χ1) is 12.0. The molecule has 0 atom stereocenters. The lowest BCUT2D eigenvalue weighted by molar-refractivity contribution is 0.0724. The van der Waals surface area contributed by atoms with Crippen LogP contribution in [0.3, 0.4) is 0 Å². The quantitative estimate of drug-likeness (QED) is 0.840. The molecule has 2 N–H and O–H groups in total. The Labute approximate surface area is 146 Å². The standard InChI is InChI=1S/C19H21N3O3/c1-13(23)15-11-17(20-12-15)18(24)21-16-7-5-6-14(10-16)19(25)22-8-3-2-4-9-22/h5-7,10-12,20H,2-4,8-9H2,1H3,(H,21,24). The van der Waals surface area contributed by atoms with E-state index < -0.39 is 0 Å². The Morgan fingerprint density at radius 3 is 2.48 bits per heavy atom. The Morgan fingerprint density at radius 1 is 1.04 bits per heavy atom. The summed E-state index contributed by atoms with van der Waals surface area (Å²) in [5.41, 5.74) is 1.87. The molecule has 6 nitrogen and oxygen atoms in total. The van der Waals surface area contributed by atoms with Crippen LogP contribution in [-0.4, -0.2) is 40.6 Å². The van der Waals surface area contributed by atoms with Crippen LogP contribution in [-0.2, 0) is 0 Å². The molecule has 6 heteroatoms. The van der Waals surface area contributed by atoms with Gasteiger partial charge in [-0.25, -0.2) is 0 Å². The Balaban J connectivity index is 1.71. The molecular formula is C19H21N3O3. The Hall–Kier alpha value is -2.89. The zero-order valence-electron chi connectivity index (χ0n) is 14.2. The molecule has 2 amide bonds. The van der Waals surface area contributed by atoms with Gasteiger partial charge < -0.3 is 15.2 Å². The average molecular weight is 339 g/mol. The lowest BCUT2D eigenvalue weighted by Crippen LogP contribution is -2.35. The normalized spacial score (nSPS) is 14.2. The second kappa shape index (κ2) is 7.34. The van der Waals surface area contributed by atoms with Crippen LogP contribution in [0, 0.1) is 0 Å². The number of carbonyl (C=O) groups is 3. The van der Waals surface area contributed by atoms with Crippen LogP contribution in [0.15, 0.2) is 36.5 Å². The van der Waals surface area contributed by atoms with Crippen molar-refractivity contribution in [1.82, 2.24) is 9.88 Å². The number of nitrogens with zero attached hydrogens (tertiary/aromatic N) is 1. The monoisotopic (exact) mass is 339 g/mol. The summed E-state index contributed by atoms with van der Waals surface area (Å²) in [6, 6.07) is 8.45. The van der Waals surface area contributed by atoms with E-state index in [1.54, 1.807) is 24.3 Å². The fourth-order valence-corrected chi connectivity index (χ4v) is 2.94. The topological polar surface area (TPSA) is 82.3 Å². The molecule has 1 aromatic heterocycles. The van der Waals surface area contributed by atoms with Gasteiger partial charge in [-0.1, -0.05) is 6.07 Å². The maximum Gasteiger partial charge on any atom is 0.272 e. The van der Waals surface area contributed by atoms with E-state index in [4.69, 9.17) is 0 Å². The van der Waals surface area contributed by atoms with Crippen molar-refractivity contribution in [1.29, 1.82) is 0 Å². The number of H-pyrrole nitrogens is 1. The number of aromatic nitrogens is 1. The number of hydrogen-bond acceptors (Lipinski definition) is 3. The summed E-state index contributed by atoms with van der Waals surface area (Å²) in [6.07, 6.45) is 4.74. The van der Waals surface area contributed by atoms with Crippen molar-refractivity contribution >= 4 is 23.3 Å². The first-order valence-electron chi connectivity index (χ1n) is 8.44. The largest absolute Gasteiger partial charge is 0.356 e. The third-order valence-electron chi connectivity index (χ3n) is 4.34. The SMILES string of the molecule is CC(=O)c1c[nH]c(C(=O)Nc2cccc(C(=O)N3CCCCC3)c2)c1. The summed E-state index contributed by atoms with van der Waals surface area (Å²) in [7, 11) is 0. The summed E-state index contributed by atoms with van der Waals surface area (Å²) in [5.74, 6) is -0.464. The fourth-order valence-electron chi connectivity index (χ4n) is 2.94. The van der Waals surface area contributed by atoms with E-state index >= 15 is 0 Å². The molecule has 0 bridgehead atoms. The van der Waals surface area contributed by atoms with E-state index in [0.29, 0.717) is 22.5 Å². The summed E-state index contributed by atoms with van der Waals surface area (Å²) < 4.78 is 0. The summed E-state index contributed by atoms with van der Waals surface area (Å²) >= 11 is 0. The molecule has 25 heavy (non-hydrogen) atoms. The van der Waals surface area contributed by atoms with Gasteiger partial charge in [0, 0.05) is 36.1 Å². The first kappa shape index (κ1) is 17.0. The molecule has 0 aliphatic carbocycles. The van der Waals surface area contributed by atoms with Crippen molar-refractivity contribution in [3.63, 3.8) is 0 Å². The van der Waals surface area contributed by atoms with Gasteiger partial charge in [-0.05, 0) is 50.5 Å². The lowest BCUT2D eigenvalue weighted by atomic mass is 10.1. The maximum atomic E-state index is 12.6. The van der Waals surface area contributed by atoms with E-state index in [2.05, 4.69) is 10.3 Å². The molecule has 3 rings (SSSR count). The highest BCUT2D eigenvalue weighted by atomic mass is 16.2. The molecule has 0 unspecified atom stereocenters. The summed E-state index contributed by atoms with van der Waals surface area (Å²) in [5, 5.41) is 2.76. The molecule has 1 aromatic carbocycles. The van der Waals surface area contributed by atoms with Crippen molar-refractivity contribution in [2.45, 2.75) is 26.2 Å². The predicted molar refractivity (Wildman–Crippen MR) is 94.9 cm³/mol. The van der Waals surface area contributed by atoms with Gasteiger partial charge in [-0.3, -0.25) is 14.4 Å². The van der Waals surface area contributed by atoms with Crippen molar-refractivity contribution in [2.75, 3.05) is 18.4 Å². The number of carbonyl (C=O) groups excluding carboxylic acids is 3. The van der Waals surface area contributed by atoms with Gasteiger partial charge in [0.15, 0.2) is 5.78 Å². The van der Waals surface area contributed by atoms with E-state index in [-0.39, 0.29) is 17.6 Å². The zero-order chi connectivity index (χ0) is 17.8. The molecule has 1 aliphatic heterocycles. The lowest BCUT2D eigenvalue weighted by Gasteiger charge is -2.26. The van der Waals surface area contributed by atoms with Gasteiger partial charge in [-0.15, -0.1) is 0 Å². The average Bonchev–Trinajstić information content (AvgIpc) is 3.13. The molecule has 2 heterocycles. The number of aromatic amines is 1. The van der Waals surface area contributed by atoms with Crippen LogP contribution in [0.4, 0.5) is 5.69 Å². The Morgan fingerprint density at radius 2 is 1.80 bits per heavy atom. The molecular weight excluding hydrogens is 318 g/mol. The minimum atomic E-state index is -0.352. The highest BCUT2D eigenvalue weighted by molar-refractivity contribution is 6.06. The highest BCUT2D eigenvalue weighted by Gasteiger charge is 2.18. The number of benzene rings is 1. The first-order valence-corrected chi connectivity index (χ1v) is 8.44. The number of amides is 2. The molecule has 130 valence electrons. The number of anilines is 1. The molecule has 2 aromatic rings. The predicted octanol–water partition coefficient (Wildman–Crippen LogP) is 3.10. The number of nitrogens with one attached hydrogen (secondary N) is 2. The third kappa shape index (κ3) is 3.96. The molecule has 1 fully saturated rings. The van der Waals surface area contributed by atoms with E-state index in [0.717, 1.165) is 32.4 Å². The number of piperidine rings is 1. The summed E-state index contributed by atoms with van der Waals surface area (Å²) in [4.78, 5) is 40.8. The number of ketones is 1. The smallest absolute Gasteiger partial charge is 0.272 e. The Kier molecular flexibility index (Phi) is 4.97. The number of Topliss-reactive ketones (excluding diaryl/α,β-unsaturated/α-hetero) is 1. The van der Waals surface area contributed by atoms with E-state index in [1.807, 2.05) is 4.90 Å². The van der Waals surface area contributed by atoms with Crippen LogP contribution in [0.1, 0.15) is 57.4 Å². The fraction of sp³-hybridized carbons (Fsp3) is 0.316. The van der Waals surface area contributed by atoms with Gasteiger partial charge in [0.05, 0.1) is 0 Å². The van der Waals surface area contributed by atoms with Crippen molar-refractivity contribution < 1.29 is 14.4 Å². The second-order valence-corrected chi connectivity index (χ2v) is 6.25. The third-order valence-corrected chi connectivity index (χ3v) is 4.34. The second-order valence-electron chi connectivity index (χ2n) is 6.25. The minimum absolute atomic E-state index is 0.00506.